The van der Waals surface area contributed by atoms with Gasteiger partial charge in [0, 0.05) is 24.7 Å². The van der Waals surface area contributed by atoms with Gasteiger partial charge < -0.3 is 10.6 Å². The number of rotatable bonds is 4. The largest absolute Gasteiger partial charge is 0.368 e. The third-order valence-corrected chi connectivity index (χ3v) is 2.52. The summed E-state index contributed by atoms with van der Waals surface area (Å²) in [5.74, 6) is -6.77. The Balaban J connectivity index is 2.42. The van der Waals surface area contributed by atoms with E-state index >= 15 is 0 Å². The minimum absolute atomic E-state index is 0.265. The summed E-state index contributed by atoms with van der Waals surface area (Å²) in [5.41, 5.74) is -0.645. The van der Waals surface area contributed by atoms with E-state index in [0.29, 0.717) is 24.7 Å². The maximum atomic E-state index is 13.6. The Morgan fingerprint density at radius 3 is 2.24 bits per heavy atom. The van der Waals surface area contributed by atoms with Crippen molar-refractivity contribution in [2.45, 2.75) is 6.92 Å². The Bertz CT molecular complexity index is 675. The van der Waals surface area contributed by atoms with Crippen LogP contribution >= 0.6 is 0 Å². The topological polar surface area (TPSA) is 37.0 Å². The van der Waals surface area contributed by atoms with Crippen LogP contribution in [0, 0.1) is 29.1 Å². The fourth-order valence-electron chi connectivity index (χ4n) is 1.62. The number of anilines is 3. The number of benzene rings is 1. The Kier molecular flexibility index (Phi) is 4.25. The lowest BCUT2D eigenvalue weighted by molar-refractivity contribution is 0.498. The minimum atomic E-state index is -1.44. The van der Waals surface area contributed by atoms with Crippen LogP contribution in [0.25, 0.3) is 0 Å². The summed E-state index contributed by atoms with van der Waals surface area (Å²) in [4.78, 5) is 3.57. The number of hydrogen-bond donors (Lipinski definition) is 2. The minimum Gasteiger partial charge on any atom is -0.368 e. The van der Waals surface area contributed by atoms with Gasteiger partial charge >= 0.3 is 0 Å². The van der Waals surface area contributed by atoms with Gasteiger partial charge in [-0.1, -0.05) is 0 Å². The zero-order valence-electron chi connectivity index (χ0n) is 10.8. The van der Waals surface area contributed by atoms with E-state index in [-0.39, 0.29) is 5.82 Å². The van der Waals surface area contributed by atoms with Gasteiger partial charge in [-0.2, -0.15) is 0 Å². The molecule has 8 heteroatoms. The van der Waals surface area contributed by atoms with Crippen LogP contribution in [0.2, 0.25) is 0 Å². The fourth-order valence-corrected chi connectivity index (χ4v) is 1.62. The molecule has 0 spiro atoms. The van der Waals surface area contributed by atoms with Crippen LogP contribution in [-0.2, 0) is 0 Å². The standard InChI is InChI=1S/C13H10F5N3/c1-2-19-12-8(16)5-9(17)13(21-12)20-10-4-6(14)3-7(15)11(10)18/h3-5H,2H2,1H3,(H2,19,20,21). The van der Waals surface area contributed by atoms with Gasteiger partial charge in [0.05, 0.1) is 5.69 Å². The van der Waals surface area contributed by atoms with E-state index in [4.69, 9.17) is 0 Å². The molecular weight excluding hydrogens is 293 g/mol. The lowest BCUT2D eigenvalue weighted by Gasteiger charge is -2.11. The lowest BCUT2D eigenvalue weighted by atomic mass is 10.2. The summed E-state index contributed by atoms with van der Waals surface area (Å²) >= 11 is 0. The van der Waals surface area contributed by atoms with Gasteiger partial charge in [0.25, 0.3) is 0 Å². The van der Waals surface area contributed by atoms with Gasteiger partial charge in [-0.15, -0.1) is 0 Å². The van der Waals surface area contributed by atoms with Crippen molar-refractivity contribution in [3.8, 4) is 0 Å². The van der Waals surface area contributed by atoms with E-state index in [1.165, 1.54) is 0 Å². The average Bonchev–Trinajstić information content (AvgIpc) is 2.41. The summed E-state index contributed by atoms with van der Waals surface area (Å²) in [6.07, 6.45) is 0. The number of hydrogen-bond acceptors (Lipinski definition) is 3. The second-order valence-corrected chi connectivity index (χ2v) is 4.05. The molecule has 1 aromatic heterocycles. The zero-order chi connectivity index (χ0) is 15.6. The Hall–Kier alpha value is -2.38. The van der Waals surface area contributed by atoms with Crippen LogP contribution in [0.15, 0.2) is 18.2 Å². The van der Waals surface area contributed by atoms with Crippen molar-refractivity contribution in [2.75, 3.05) is 17.2 Å². The zero-order valence-corrected chi connectivity index (χ0v) is 10.8. The average molecular weight is 303 g/mol. The highest BCUT2D eigenvalue weighted by atomic mass is 19.2. The molecule has 0 aliphatic heterocycles. The van der Waals surface area contributed by atoms with Crippen LogP contribution < -0.4 is 10.6 Å². The number of nitrogens with zero attached hydrogens (tertiary/aromatic N) is 1. The molecule has 0 saturated carbocycles. The van der Waals surface area contributed by atoms with Crippen LogP contribution in [0.3, 0.4) is 0 Å². The van der Waals surface area contributed by atoms with Crippen molar-refractivity contribution in [3.05, 3.63) is 47.3 Å². The Labute approximate surface area is 116 Å². The molecule has 0 fully saturated rings. The highest BCUT2D eigenvalue weighted by molar-refractivity contribution is 5.59. The molecule has 1 heterocycles. The molecule has 3 nitrogen and oxygen atoms in total. The summed E-state index contributed by atoms with van der Waals surface area (Å²) in [5, 5.41) is 4.63. The molecule has 0 amide bonds. The van der Waals surface area contributed by atoms with Gasteiger partial charge in [-0.3, -0.25) is 0 Å². The van der Waals surface area contributed by atoms with Crippen molar-refractivity contribution in [1.82, 2.24) is 4.98 Å². The van der Waals surface area contributed by atoms with E-state index in [0.717, 1.165) is 0 Å². The first-order chi connectivity index (χ1) is 9.92. The number of halogens is 5. The molecule has 0 radical (unpaired) electrons. The first-order valence-corrected chi connectivity index (χ1v) is 5.93. The van der Waals surface area contributed by atoms with E-state index in [2.05, 4.69) is 15.6 Å². The molecule has 112 valence electrons. The summed E-state index contributed by atoms with van der Waals surface area (Å²) < 4.78 is 66.6. The van der Waals surface area contributed by atoms with Gasteiger partial charge in [0.15, 0.2) is 34.9 Å². The molecule has 0 unspecified atom stereocenters. The molecule has 2 N–H and O–H groups in total. The summed E-state index contributed by atoms with van der Waals surface area (Å²) in [6.45, 7) is 1.98. The lowest BCUT2D eigenvalue weighted by Crippen LogP contribution is -2.07. The van der Waals surface area contributed by atoms with Gasteiger partial charge in [0.2, 0.25) is 0 Å². The van der Waals surface area contributed by atoms with E-state index < -0.39 is 40.6 Å². The monoisotopic (exact) mass is 303 g/mol. The van der Waals surface area contributed by atoms with Crippen molar-refractivity contribution in [2.24, 2.45) is 0 Å². The SMILES string of the molecule is CCNc1nc(Nc2cc(F)cc(F)c2F)c(F)cc1F. The molecule has 0 bridgehead atoms. The summed E-state index contributed by atoms with van der Waals surface area (Å²) in [7, 11) is 0. The molecular formula is C13H10F5N3. The van der Waals surface area contributed by atoms with E-state index in [1.807, 2.05) is 0 Å². The van der Waals surface area contributed by atoms with Crippen LogP contribution in [0.5, 0.6) is 0 Å². The maximum absolute atomic E-state index is 13.6. The Morgan fingerprint density at radius 2 is 1.57 bits per heavy atom. The third kappa shape index (κ3) is 3.21. The quantitative estimate of drug-likeness (QED) is 0.663. The van der Waals surface area contributed by atoms with Crippen molar-refractivity contribution in [3.63, 3.8) is 0 Å². The first-order valence-electron chi connectivity index (χ1n) is 5.93. The number of pyridine rings is 1. The molecule has 2 aromatic rings. The molecule has 0 atom stereocenters. The maximum Gasteiger partial charge on any atom is 0.182 e. The van der Waals surface area contributed by atoms with Gasteiger partial charge in [0.1, 0.15) is 5.82 Å². The normalized spacial score (nSPS) is 10.6. The van der Waals surface area contributed by atoms with Crippen molar-refractivity contribution in [1.29, 1.82) is 0 Å². The molecule has 0 aliphatic carbocycles. The fraction of sp³-hybridized carbons (Fsp3) is 0.154. The van der Waals surface area contributed by atoms with Crippen LogP contribution in [0.4, 0.5) is 39.3 Å². The van der Waals surface area contributed by atoms with Gasteiger partial charge in [-0.25, -0.2) is 26.9 Å². The van der Waals surface area contributed by atoms with E-state index in [9.17, 15) is 22.0 Å². The third-order valence-electron chi connectivity index (χ3n) is 2.52. The highest BCUT2D eigenvalue weighted by Crippen LogP contribution is 2.26. The molecule has 0 saturated heterocycles. The molecule has 1 aromatic carbocycles. The molecule has 0 aliphatic rings. The highest BCUT2D eigenvalue weighted by Gasteiger charge is 2.16. The number of aromatic nitrogens is 1. The predicted octanol–water partition coefficient (Wildman–Crippen LogP) is 3.95. The second kappa shape index (κ2) is 5.94. The Morgan fingerprint density at radius 1 is 0.905 bits per heavy atom. The summed E-state index contributed by atoms with van der Waals surface area (Å²) in [6, 6.07) is 1.51. The van der Waals surface area contributed by atoms with E-state index in [1.54, 1.807) is 6.92 Å². The molecule has 2 rings (SSSR count). The molecule has 21 heavy (non-hydrogen) atoms. The second-order valence-electron chi connectivity index (χ2n) is 4.05. The number of nitrogens with one attached hydrogen (secondary N) is 2. The predicted molar refractivity (Wildman–Crippen MR) is 67.9 cm³/mol. The van der Waals surface area contributed by atoms with Crippen molar-refractivity contribution < 1.29 is 22.0 Å². The van der Waals surface area contributed by atoms with Crippen LogP contribution in [0.1, 0.15) is 6.92 Å². The smallest absolute Gasteiger partial charge is 0.182 e. The van der Waals surface area contributed by atoms with Crippen LogP contribution in [-0.4, -0.2) is 11.5 Å². The first kappa shape index (κ1) is 15.0. The van der Waals surface area contributed by atoms with Crippen molar-refractivity contribution >= 4 is 17.3 Å². The van der Waals surface area contributed by atoms with Gasteiger partial charge in [-0.05, 0) is 6.92 Å².